The van der Waals surface area contributed by atoms with Gasteiger partial charge in [-0.3, -0.25) is 9.59 Å². The van der Waals surface area contributed by atoms with E-state index >= 15 is 0 Å². The predicted molar refractivity (Wildman–Crippen MR) is 87.5 cm³/mol. The number of rotatable bonds is 4. The topological polar surface area (TPSA) is 79.8 Å². The minimum Gasteiger partial charge on any atom is -0.326 e. The molecule has 23 heavy (non-hydrogen) atoms. The van der Waals surface area contributed by atoms with Gasteiger partial charge in [0.2, 0.25) is 0 Å². The minimum absolute atomic E-state index is 0.0723. The molecule has 0 bridgehead atoms. The van der Waals surface area contributed by atoms with Crippen molar-refractivity contribution in [1.82, 2.24) is 14.8 Å². The normalized spacial score (nSPS) is 10.5. The van der Waals surface area contributed by atoms with Crippen molar-refractivity contribution in [3.8, 4) is 0 Å². The van der Waals surface area contributed by atoms with Gasteiger partial charge in [-0.1, -0.05) is 30.3 Å². The average Bonchev–Trinajstić information content (AvgIpc) is 2.95. The number of aryl methyl sites for hydroxylation is 1. The summed E-state index contributed by atoms with van der Waals surface area (Å²) in [4.78, 5) is 26.7. The third-order valence-electron chi connectivity index (χ3n) is 3.43. The lowest BCUT2D eigenvalue weighted by Gasteiger charge is -2.09. The van der Waals surface area contributed by atoms with Crippen LogP contribution in [0.2, 0.25) is 0 Å². The smallest absolute Gasteiger partial charge is 0.262 e. The van der Waals surface area contributed by atoms with Gasteiger partial charge < -0.3 is 10.3 Å². The van der Waals surface area contributed by atoms with E-state index in [9.17, 15) is 9.59 Å². The standard InChI is InChI=1S/C17H16N4O2/c1-12-7-8-14(16(22)19-12)17(23)20-15-9-10-18-21(15)11-13-5-3-2-4-6-13/h2-10H,11H2,1H3,(H,19,22)(H,20,23). The van der Waals surface area contributed by atoms with Crippen molar-refractivity contribution < 1.29 is 4.79 Å². The highest BCUT2D eigenvalue weighted by atomic mass is 16.2. The molecule has 6 nitrogen and oxygen atoms in total. The van der Waals surface area contributed by atoms with Gasteiger partial charge in [-0.15, -0.1) is 0 Å². The van der Waals surface area contributed by atoms with Gasteiger partial charge in [0.25, 0.3) is 11.5 Å². The SMILES string of the molecule is Cc1ccc(C(=O)Nc2ccnn2Cc2ccccc2)c(=O)[nH]1. The lowest BCUT2D eigenvalue weighted by molar-refractivity contribution is 0.102. The summed E-state index contributed by atoms with van der Waals surface area (Å²) in [5, 5.41) is 6.94. The molecule has 0 aliphatic heterocycles. The van der Waals surface area contributed by atoms with E-state index in [0.29, 0.717) is 18.1 Å². The molecule has 3 aromatic rings. The first-order chi connectivity index (χ1) is 11.1. The number of carbonyl (C=O) groups is 1. The molecule has 0 aliphatic rings. The van der Waals surface area contributed by atoms with Crippen molar-refractivity contribution in [3.05, 3.63) is 81.9 Å². The van der Waals surface area contributed by atoms with Gasteiger partial charge in [0.1, 0.15) is 11.4 Å². The largest absolute Gasteiger partial charge is 0.326 e. The van der Waals surface area contributed by atoms with Crippen LogP contribution in [0.3, 0.4) is 0 Å². The Morgan fingerprint density at radius 2 is 1.96 bits per heavy atom. The number of aromatic nitrogens is 3. The molecule has 0 radical (unpaired) electrons. The molecule has 0 spiro atoms. The number of nitrogens with one attached hydrogen (secondary N) is 2. The van der Waals surface area contributed by atoms with Crippen LogP contribution < -0.4 is 10.9 Å². The summed E-state index contributed by atoms with van der Waals surface area (Å²) in [6, 6.07) is 14.7. The van der Waals surface area contributed by atoms with Crippen LogP contribution in [0.1, 0.15) is 21.6 Å². The Morgan fingerprint density at radius 3 is 2.70 bits per heavy atom. The Kier molecular flexibility index (Phi) is 4.05. The number of anilines is 1. The third kappa shape index (κ3) is 3.37. The lowest BCUT2D eigenvalue weighted by Crippen LogP contribution is -2.24. The predicted octanol–water partition coefficient (Wildman–Crippen LogP) is 2.18. The first-order valence-electron chi connectivity index (χ1n) is 7.20. The zero-order chi connectivity index (χ0) is 16.2. The monoisotopic (exact) mass is 308 g/mol. The van der Waals surface area contributed by atoms with E-state index in [1.54, 1.807) is 29.9 Å². The fourth-order valence-corrected chi connectivity index (χ4v) is 2.26. The molecular weight excluding hydrogens is 292 g/mol. The lowest BCUT2D eigenvalue weighted by atomic mass is 10.2. The van der Waals surface area contributed by atoms with E-state index in [2.05, 4.69) is 15.4 Å². The number of pyridine rings is 1. The molecule has 2 aromatic heterocycles. The molecule has 6 heteroatoms. The van der Waals surface area contributed by atoms with Gasteiger partial charge in [0, 0.05) is 11.8 Å². The quantitative estimate of drug-likeness (QED) is 0.775. The minimum atomic E-state index is -0.457. The van der Waals surface area contributed by atoms with Gasteiger partial charge >= 0.3 is 0 Å². The Hall–Kier alpha value is -3.15. The Balaban J connectivity index is 1.80. The Bertz CT molecular complexity index is 881. The first kappa shape index (κ1) is 14.8. The Labute approximate surface area is 132 Å². The summed E-state index contributed by atoms with van der Waals surface area (Å²) in [5.74, 6) is 0.0832. The molecule has 2 N–H and O–H groups in total. The number of carbonyl (C=O) groups excluding carboxylic acids is 1. The maximum atomic E-state index is 12.3. The van der Waals surface area contributed by atoms with Crippen molar-refractivity contribution in [2.24, 2.45) is 0 Å². The number of nitrogens with zero attached hydrogens (tertiary/aromatic N) is 2. The van der Waals surface area contributed by atoms with E-state index in [1.807, 2.05) is 30.3 Å². The van der Waals surface area contributed by atoms with Crippen LogP contribution in [-0.4, -0.2) is 20.7 Å². The second kappa shape index (κ2) is 6.31. The second-order valence-electron chi connectivity index (χ2n) is 5.20. The summed E-state index contributed by atoms with van der Waals surface area (Å²) < 4.78 is 1.68. The molecule has 0 fully saturated rings. The van der Waals surface area contributed by atoms with Crippen molar-refractivity contribution in [1.29, 1.82) is 0 Å². The number of amides is 1. The van der Waals surface area contributed by atoms with Gasteiger partial charge in [-0.25, -0.2) is 4.68 Å². The van der Waals surface area contributed by atoms with Crippen LogP contribution in [0.25, 0.3) is 0 Å². The molecule has 0 saturated carbocycles. The summed E-state index contributed by atoms with van der Waals surface area (Å²) in [5.41, 5.74) is 1.44. The van der Waals surface area contributed by atoms with E-state index in [4.69, 9.17) is 0 Å². The first-order valence-corrected chi connectivity index (χ1v) is 7.20. The maximum absolute atomic E-state index is 12.3. The van der Waals surface area contributed by atoms with Crippen LogP contribution >= 0.6 is 0 Å². The van der Waals surface area contributed by atoms with Gasteiger partial charge in [-0.2, -0.15) is 5.10 Å². The van der Waals surface area contributed by atoms with Crippen molar-refractivity contribution in [3.63, 3.8) is 0 Å². The number of hydrogen-bond acceptors (Lipinski definition) is 3. The molecule has 0 saturated heterocycles. The van der Waals surface area contributed by atoms with Crippen LogP contribution in [-0.2, 0) is 6.54 Å². The zero-order valence-corrected chi connectivity index (χ0v) is 12.6. The van der Waals surface area contributed by atoms with E-state index < -0.39 is 11.5 Å². The second-order valence-corrected chi connectivity index (χ2v) is 5.20. The zero-order valence-electron chi connectivity index (χ0n) is 12.6. The molecule has 116 valence electrons. The van der Waals surface area contributed by atoms with E-state index in [0.717, 1.165) is 5.56 Å². The molecule has 3 rings (SSSR count). The molecule has 0 aliphatic carbocycles. The van der Waals surface area contributed by atoms with Crippen molar-refractivity contribution in [2.45, 2.75) is 13.5 Å². The fraction of sp³-hybridized carbons (Fsp3) is 0.118. The number of benzene rings is 1. The van der Waals surface area contributed by atoms with Gasteiger partial charge in [0.15, 0.2) is 0 Å². The summed E-state index contributed by atoms with van der Waals surface area (Å²) in [6.07, 6.45) is 1.61. The van der Waals surface area contributed by atoms with Crippen LogP contribution in [0.15, 0.2) is 59.5 Å². The maximum Gasteiger partial charge on any atom is 0.262 e. The van der Waals surface area contributed by atoms with Crippen LogP contribution in [0.4, 0.5) is 5.82 Å². The van der Waals surface area contributed by atoms with Crippen LogP contribution in [0, 0.1) is 6.92 Å². The van der Waals surface area contributed by atoms with Gasteiger partial charge in [0.05, 0.1) is 12.7 Å². The Morgan fingerprint density at radius 1 is 1.17 bits per heavy atom. The van der Waals surface area contributed by atoms with Crippen molar-refractivity contribution in [2.75, 3.05) is 5.32 Å². The fourth-order valence-electron chi connectivity index (χ4n) is 2.26. The van der Waals surface area contributed by atoms with Gasteiger partial charge in [-0.05, 0) is 24.6 Å². The van der Waals surface area contributed by atoms with Crippen molar-refractivity contribution >= 4 is 11.7 Å². The average molecular weight is 308 g/mol. The molecule has 1 amide bonds. The molecular formula is C17H16N4O2. The molecule has 0 atom stereocenters. The highest BCUT2D eigenvalue weighted by molar-refractivity contribution is 6.03. The highest BCUT2D eigenvalue weighted by Gasteiger charge is 2.13. The summed E-state index contributed by atoms with van der Waals surface area (Å²) in [6.45, 7) is 2.30. The van der Waals surface area contributed by atoms with E-state index in [1.165, 1.54) is 6.07 Å². The molecule has 1 aromatic carbocycles. The number of H-pyrrole nitrogens is 1. The molecule has 0 unspecified atom stereocenters. The van der Waals surface area contributed by atoms with Crippen LogP contribution in [0.5, 0.6) is 0 Å². The summed E-state index contributed by atoms with van der Waals surface area (Å²) >= 11 is 0. The van der Waals surface area contributed by atoms with E-state index in [-0.39, 0.29) is 5.56 Å². The molecule has 2 heterocycles. The number of aromatic amines is 1. The number of hydrogen-bond donors (Lipinski definition) is 2. The third-order valence-corrected chi connectivity index (χ3v) is 3.43. The highest BCUT2D eigenvalue weighted by Crippen LogP contribution is 2.11. The summed E-state index contributed by atoms with van der Waals surface area (Å²) in [7, 11) is 0.